The summed E-state index contributed by atoms with van der Waals surface area (Å²) in [4.78, 5) is 52.0. The van der Waals surface area contributed by atoms with E-state index in [1.165, 1.54) is 23.1 Å². The van der Waals surface area contributed by atoms with E-state index < -0.39 is 5.41 Å². The molecule has 3 atom stereocenters. The SMILES string of the molecule is COCCNc1ccc(-c2nc(C(C)(c3ccc(-c4cnc(N)nc4)cc3)C3CCC3)no2)cc1.Cc1cc(-c2ccc([C@](C)(c3noc(-c4cnn(C)c4)n3)C3CC3)cc2)cnc1N.Cc1ccc(-c2nc(C(C)(C)c3ccc(-c4cnc(N)nc4)cc3)no2)cn1.Cn1cc(-c2nc([C@@](C)(c3ccc(-c4cnc(N)nc4)cc3)C3CC3)no2)cn1. The fraction of sp³-hybridized carbons (Fsp3) is 0.283. The van der Waals surface area contributed by atoms with Gasteiger partial charge in [-0.05, 0) is 197 Å². The minimum Gasteiger partial charge on any atom is -0.383 e. The maximum absolute atomic E-state index is 5.86. The van der Waals surface area contributed by atoms with Gasteiger partial charge in [0.15, 0.2) is 23.3 Å². The van der Waals surface area contributed by atoms with Crippen LogP contribution in [-0.4, -0.2) is 120 Å². The van der Waals surface area contributed by atoms with Crippen molar-refractivity contribution >= 4 is 29.4 Å². The molecule has 618 valence electrons. The molecule has 3 saturated carbocycles. The smallest absolute Gasteiger partial charge is 0.261 e. The van der Waals surface area contributed by atoms with Crippen LogP contribution in [0.4, 0.5) is 29.4 Å². The van der Waals surface area contributed by atoms with Gasteiger partial charge in [-0.1, -0.05) is 124 Å². The first-order chi connectivity index (χ1) is 59.0. The standard InChI is InChI=1S/C27H30N6O2.C23H24N6O.C21H21N7O.C21H20N6O/c1-27(21-4-3-5-21,22-10-6-18(7-11-22)20-16-30-26(28)31-17-20)25-32-24(35-33-25)19-8-12-23(13-9-19)29-14-15-34-2;1-14-10-16(11-25-20(14)24)15-4-6-18(7-5-15)23(2,19-8-9-19)22-27-21(30-28-22)17-12-26-29(3)13-17;1-21(17-7-8-17,19-26-18(29-27-19)15-11-25-28(2)12-15)16-5-3-13(4-6-16)14-9-23-20(22)24-10-14;1-13-4-5-15(10-23-13)18-26-19(27-28-18)21(2,3)17-8-6-14(7-9-17)16-11-24-20(22)25-12-16/h6-13,16-17,21,29H,3-5,14-15H2,1-2H3,(H2,28,30,31);4-7,10-13,19H,8-9H2,1-3H3,(H2,24,25);3-6,9-12,17H,7-8H2,1-2H3,(H2,22,23,24);4-12H,1-3H3,(H2,22,24,25)/t;23-;21-;/m.00./s1. The van der Waals surface area contributed by atoms with Crippen LogP contribution in [0.1, 0.15) is 136 Å². The third-order valence-electron chi connectivity index (χ3n) is 23.7. The van der Waals surface area contributed by atoms with Crippen molar-refractivity contribution in [2.24, 2.45) is 31.8 Å². The van der Waals surface area contributed by atoms with Crippen molar-refractivity contribution < 1.29 is 22.8 Å². The highest BCUT2D eigenvalue weighted by Crippen LogP contribution is 2.53. The van der Waals surface area contributed by atoms with E-state index in [4.69, 9.17) is 60.7 Å². The lowest BCUT2D eigenvalue weighted by molar-refractivity contribution is 0.199. The zero-order chi connectivity index (χ0) is 84.9. The normalized spacial score (nSPS) is 14.7. The number of nitrogen functional groups attached to an aromatic ring is 4. The van der Waals surface area contributed by atoms with Gasteiger partial charge < -0.3 is 51.1 Å². The minimum absolute atomic E-state index is 0.262. The molecule has 0 saturated heterocycles. The van der Waals surface area contributed by atoms with Crippen LogP contribution in [0.15, 0.2) is 232 Å². The predicted octanol–water partition coefficient (Wildman–Crippen LogP) is 16.1. The number of hydrogen-bond acceptors (Lipinski definition) is 28. The number of nitrogens with zero attached hydrogens (tertiary/aromatic N) is 20. The summed E-state index contributed by atoms with van der Waals surface area (Å²) in [7, 11) is 5.43. The number of nitrogens with one attached hydrogen (secondary N) is 1. The van der Waals surface area contributed by atoms with Crippen molar-refractivity contribution in [1.29, 1.82) is 0 Å². The maximum Gasteiger partial charge on any atom is 0.261 e. The van der Waals surface area contributed by atoms with Gasteiger partial charge in [0.1, 0.15) is 5.82 Å². The summed E-state index contributed by atoms with van der Waals surface area (Å²) >= 11 is 0. The molecular formula is C92H95N25O5. The second-order valence-electron chi connectivity index (χ2n) is 32.3. The largest absolute Gasteiger partial charge is 0.383 e. The molecule has 3 aliphatic carbocycles. The van der Waals surface area contributed by atoms with E-state index in [0.717, 1.165) is 146 Å². The Bertz CT molecular complexity index is 6200. The number of methoxy groups -OCH3 is 1. The number of benzene rings is 5. The molecule has 16 aromatic rings. The number of rotatable bonds is 23. The van der Waals surface area contributed by atoms with E-state index in [1.807, 2.05) is 95.1 Å². The number of nitrogens with two attached hydrogens (primary N) is 4. The molecule has 11 heterocycles. The number of ether oxygens (including phenoxy) is 1. The fourth-order valence-electron chi connectivity index (χ4n) is 15.3. The molecule has 30 nitrogen and oxygen atoms in total. The van der Waals surface area contributed by atoms with Crippen molar-refractivity contribution in [2.45, 2.75) is 115 Å². The second-order valence-corrected chi connectivity index (χ2v) is 32.3. The van der Waals surface area contributed by atoms with Gasteiger partial charge in [-0.3, -0.25) is 14.3 Å². The van der Waals surface area contributed by atoms with Crippen LogP contribution in [0.2, 0.25) is 0 Å². The Balaban J connectivity index is 0.000000121. The molecule has 0 bridgehead atoms. The van der Waals surface area contributed by atoms with Gasteiger partial charge in [0, 0.05) is 129 Å². The summed E-state index contributed by atoms with van der Waals surface area (Å²) in [5, 5.41) is 29.1. The van der Waals surface area contributed by atoms with Gasteiger partial charge in [-0.25, -0.2) is 34.9 Å². The Labute approximate surface area is 705 Å². The van der Waals surface area contributed by atoms with Crippen LogP contribution in [0.25, 0.3) is 90.3 Å². The Morgan fingerprint density at radius 3 is 1.08 bits per heavy atom. The summed E-state index contributed by atoms with van der Waals surface area (Å²) in [6.45, 7) is 16.1. The van der Waals surface area contributed by atoms with Crippen molar-refractivity contribution in [1.82, 2.24) is 100.0 Å². The third kappa shape index (κ3) is 17.4. The average Bonchev–Trinajstić information content (AvgIpc) is 1.76. The topological polar surface area (TPSA) is 420 Å². The van der Waals surface area contributed by atoms with Gasteiger partial charge in [-0.2, -0.15) is 30.1 Å². The van der Waals surface area contributed by atoms with E-state index >= 15 is 0 Å². The highest BCUT2D eigenvalue weighted by atomic mass is 16.5. The summed E-state index contributed by atoms with van der Waals surface area (Å²) < 4.78 is 30.9. The average molecular weight is 1630 g/mol. The minimum atomic E-state index is -0.421. The molecule has 3 aliphatic rings. The molecule has 122 heavy (non-hydrogen) atoms. The lowest BCUT2D eigenvalue weighted by Gasteiger charge is -2.41. The van der Waals surface area contributed by atoms with E-state index in [9.17, 15) is 0 Å². The Morgan fingerprint density at radius 1 is 0.377 bits per heavy atom. The number of pyridine rings is 2. The van der Waals surface area contributed by atoms with Crippen molar-refractivity contribution in [3.63, 3.8) is 0 Å². The molecule has 0 spiro atoms. The first-order valence-electron chi connectivity index (χ1n) is 40.5. The quantitative estimate of drug-likeness (QED) is 0.0371. The lowest BCUT2D eigenvalue weighted by atomic mass is 9.62. The fourth-order valence-corrected chi connectivity index (χ4v) is 15.3. The van der Waals surface area contributed by atoms with Crippen LogP contribution >= 0.6 is 0 Å². The molecule has 3 fully saturated rings. The number of hydrogen-bond donors (Lipinski definition) is 5. The summed E-state index contributed by atoms with van der Waals surface area (Å²) in [5.41, 5.74) is 40.2. The Hall–Kier alpha value is -14.4. The number of aryl methyl sites for hydroxylation is 4. The van der Waals surface area contributed by atoms with Gasteiger partial charge in [0.05, 0.1) is 57.4 Å². The van der Waals surface area contributed by atoms with Crippen molar-refractivity contribution in [3.05, 3.63) is 271 Å². The molecule has 0 aliphatic heterocycles. The van der Waals surface area contributed by atoms with E-state index in [0.29, 0.717) is 65.4 Å². The molecular weight excluding hydrogens is 1540 g/mol. The zero-order valence-corrected chi connectivity index (χ0v) is 69.6. The molecule has 11 aromatic heterocycles. The van der Waals surface area contributed by atoms with E-state index in [1.54, 1.807) is 72.2 Å². The van der Waals surface area contributed by atoms with Gasteiger partial charge >= 0.3 is 0 Å². The first-order valence-corrected chi connectivity index (χ1v) is 40.5. The molecule has 0 amide bonds. The van der Waals surface area contributed by atoms with E-state index in [2.05, 4.69) is 207 Å². The molecule has 1 unspecified atom stereocenters. The molecule has 19 rings (SSSR count). The van der Waals surface area contributed by atoms with E-state index in [-0.39, 0.29) is 34.1 Å². The van der Waals surface area contributed by atoms with Crippen LogP contribution in [0, 0.1) is 31.6 Å². The van der Waals surface area contributed by atoms with Gasteiger partial charge in [-0.15, -0.1) is 0 Å². The summed E-state index contributed by atoms with van der Waals surface area (Å²) in [5.74, 6) is 7.61. The number of aromatic nitrogens is 20. The molecule has 5 aromatic carbocycles. The third-order valence-corrected chi connectivity index (χ3v) is 23.7. The lowest BCUT2D eigenvalue weighted by Crippen LogP contribution is -2.38. The van der Waals surface area contributed by atoms with Gasteiger partial charge in [0.25, 0.3) is 23.6 Å². The monoisotopic (exact) mass is 1630 g/mol. The van der Waals surface area contributed by atoms with Gasteiger partial charge in [0.2, 0.25) is 17.8 Å². The summed E-state index contributed by atoms with van der Waals surface area (Å²) in [6.07, 6.45) is 29.3. The first kappa shape index (κ1) is 81.3. The van der Waals surface area contributed by atoms with Crippen LogP contribution in [0.5, 0.6) is 0 Å². The Morgan fingerprint density at radius 2 is 0.721 bits per heavy atom. The second kappa shape index (κ2) is 34.5. The number of anilines is 5. The maximum atomic E-state index is 5.86. The van der Waals surface area contributed by atoms with Crippen molar-refractivity contribution in [2.75, 3.05) is 48.5 Å². The van der Waals surface area contributed by atoms with Crippen LogP contribution in [0.3, 0.4) is 0 Å². The van der Waals surface area contributed by atoms with Crippen LogP contribution < -0.4 is 28.3 Å². The Kier molecular flexibility index (Phi) is 23.0. The highest BCUT2D eigenvalue weighted by molar-refractivity contribution is 5.68. The predicted molar refractivity (Wildman–Crippen MR) is 464 cm³/mol. The summed E-state index contributed by atoms with van der Waals surface area (Å²) in [6, 6.07) is 47.6. The molecule has 30 heteroatoms. The zero-order valence-electron chi connectivity index (χ0n) is 69.6. The molecule has 0 radical (unpaired) electrons. The highest BCUT2D eigenvalue weighted by Gasteiger charge is 2.49. The van der Waals surface area contributed by atoms with Crippen molar-refractivity contribution in [3.8, 4) is 90.3 Å². The van der Waals surface area contributed by atoms with Crippen LogP contribution in [-0.2, 0) is 40.5 Å². The molecule has 9 N–H and O–H groups in total.